The first-order valence-corrected chi connectivity index (χ1v) is 15.6. The van der Waals surface area contributed by atoms with Gasteiger partial charge in [-0.2, -0.15) is 4.98 Å². The van der Waals surface area contributed by atoms with E-state index in [2.05, 4.69) is 61.7 Å². The number of likely N-dealkylation sites (tertiary alicyclic amines) is 1. The number of hydrogen-bond donors (Lipinski definition) is 2. The second-order valence-corrected chi connectivity index (χ2v) is 11.6. The van der Waals surface area contributed by atoms with Crippen molar-refractivity contribution in [3.05, 3.63) is 71.4 Å². The largest absolute Gasteiger partial charge is 0.495 e. The molecule has 0 radical (unpaired) electrons. The number of anilines is 3. The summed E-state index contributed by atoms with van der Waals surface area (Å²) < 4.78 is 13.4. The van der Waals surface area contributed by atoms with Gasteiger partial charge >= 0.3 is 0 Å². The zero-order valence-electron chi connectivity index (χ0n) is 26.6. The highest BCUT2D eigenvalue weighted by atomic mass is 16.5. The van der Waals surface area contributed by atoms with Crippen LogP contribution in [0.25, 0.3) is 5.69 Å². The number of amides is 1. The number of methoxy groups -OCH3 is 1. The van der Waals surface area contributed by atoms with Crippen LogP contribution in [0.15, 0.2) is 48.7 Å². The van der Waals surface area contributed by atoms with E-state index in [4.69, 9.17) is 14.5 Å². The summed E-state index contributed by atoms with van der Waals surface area (Å²) >= 11 is 0. The molecule has 2 N–H and O–H groups in total. The fourth-order valence-corrected chi connectivity index (χ4v) is 6.10. The first-order chi connectivity index (χ1) is 21.9. The summed E-state index contributed by atoms with van der Waals surface area (Å²) in [6, 6.07) is 13.7. The van der Waals surface area contributed by atoms with E-state index >= 15 is 0 Å². The minimum absolute atomic E-state index is 0.0371. The lowest BCUT2D eigenvalue weighted by molar-refractivity contribution is 0.0916. The molecule has 1 fully saturated rings. The Morgan fingerprint density at radius 1 is 1.07 bits per heavy atom. The molecule has 45 heavy (non-hydrogen) atoms. The van der Waals surface area contributed by atoms with Crippen LogP contribution in [-0.2, 0) is 6.54 Å². The maximum atomic E-state index is 13.0. The quantitative estimate of drug-likeness (QED) is 0.258. The molecule has 0 bridgehead atoms. The monoisotopic (exact) mass is 611 g/mol. The SMILES string of the molecule is CCOc1ccc(CN2c3nc(Nc4ccc(C(=O)NC5CCN(C)CC5)cc4OC)ncc3-n3c(C)nnc3[C@H]2CC)cc1. The fraction of sp³-hybridized carbons (Fsp3) is 0.424. The molecule has 4 heterocycles. The summed E-state index contributed by atoms with van der Waals surface area (Å²) in [5.74, 6) is 4.11. The molecule has 0 saturated carbocycles. The Balaban J connectivity index is 1.28. The number of nitrogens with one attached hydrogen (secondary N) is 2. The number of fused-ring (bicyclic) bond motifs is 3. The van der Waals surface area contributed by atoms with Crippen molar-refractivity contribution >= 4 is 23.4 Å². The molecule has 0 aliphatic carbocycles. The van der Waals surface area contributed by atoms with E-state index in [0.29, 0.717) is 36.1 Å². The first-order valence-electron chi connectivity index (χ1n) is 15.6. The second kappa shape index (κ2) is 13.1. The zero-order chi connectivity index (χ0) is 31.5. The lowest BCUT2D eigenvalue weighted by Gasteiger charge is -2.37. The van der Waals surface area contributed by atoms with Crippen LogP contribution in [0, 0.1) is 6.92 Å². The molecule has 12 heteroatoms. The van der Waals surface area contributed by atoms with Crippen molar-refractivity contribution in [3.8, 4) is 17.2 Å². The van der Waals surface area contributed by atoms with Crippen LogP contribution in [0.4, 0.5) is 17.5 Å². The normalized spacial score (nSPS) is 16.6. The molecule has 2 aliphatic heterocycles. The van der Waals surface area contributed by atoms with Gasteiger partial charge in [0, 0.05) is 18.2 Å². The Morgan fingerprint density at radius 3 is 2.56 bits per heavy atom. The van der Waals surface area contributed by atoms with E-state index in [1.165, 1.54) is 0 Å². The number of carbonyl (C=O) groups excluding carboxylic acids is 1. The minimum Gasteiger partial charge on any atom is -0.495 e. The number of benzene rings is 2. The lowest BCUT2D eigenvalue weighted by Crippen LogP contribution is -2.43. The third kappa shape index (κ3) is 6.28. The van der Waals surface area contributed by atoms with Crippen molar-refractivity contribution in [2.45, 2.75) is 58.7 Å². The summed E-state index contributed by atoms with van der Waals surface area (Å²) in [6.45, 7) is 9.26. The molecule has 236 valence electrons. The molecule has 1 atom stereocenters. The maximum absolute atomic E-state index is 13.0. The van der Waals surface area contributed by atoms with Crippen molar-refractivity contribution in [1.29, 1.82) is 0 Å². The number of piperidine rings is 1. The van der Waals surface area contributed by atoms with Crippen LogP contribution in [0.3, 0.4) is 0 Å². The van der Waals surface area contributed by atoms with E-state index < -0.39 is 0 Å². The summed E-state index contributed by atoms with van der Waals surface area (Å²) in [4.78, 5) is 27.3. The number of rotatable bonds is 10. The molecule has 2 aliphatic rings. The smallest absolute Gasteiger partial charge is 0.251 e. The number of aryl methyl sites for hydroxylation is 1. The molecule has 4 aromatic rings. The summed E-state index contributed by atoms with van der Waals surface area (Å²) in [7, 11) is 3.70. The van der Waals surface area contributed by atoms with Gasteiger partial charge in [0.25, 0.3) is 5.91 Å². The number of aromatic nitrogens is 5. The van der Waals surface area contributed by atoms with Crippen molar-refractivity contribution in [3.63, 3.8) is 0 Å². The highest BCUT2D eigenvalue weighted by molar-refractivity contribution is 5.95. The van der Waals surface area contributed by atoms with Crippen LogP contribution < -0.4 is 25.0 Å². The van der Waals surface area contributed by atoms with Gasteiger partial charge in [-0.3, -0.25) is 9.36 Å². The molecular weight excluding hydrogens is 570 g/mol. The van der Waals surface area contributed by atoms with Crippen molar-refractivity contribution in [2.24, 2.45) is 0 Å². The average Bonchev–Trinajstić information content (AvgIpc) is 3.44. The van der Waals surface area contributed by atoms with E-state index in [1.807, 2.05) is 36.6 Å². The number of hydrogen-bond acceptors (Lipinski definition) is 10. The molecule has 12 nitrogen and oxygen atoms in total. The van der Waals surface area contributed by atoms with Gasteiger partial charge < -0.3 is 29.9 Å². The Labute approximate surface area is 263 Å². The van der Waals surface area contributed by atoms with Crippen molar-refractivity contribution < 1.29 is 14.3 Å². The Kier molecular flexibility index (Phi) is 8.83. The van der Waals surface area contributed by atoms with Crippen LogP contribution in [0.1, 0.15) is 66.7 Å². The third-order valence-corrected chi connectivity index (χ3v) is 8.53. The predicted octanol–water partition coefficient (Wildman–Crippen LogP) is 4.81. The molecule has 1 amide bonds. The molecule has 2 aromatic heterocycles. The standard InChI is InChI=1S/C33H41N9O3/c1-6-27-31-39-38-21(3)42(31)28-19-34-33(37-30(28)41(27)20-22-8-11-25(12-9-22)45-7-2)36-26-13-10-23(18-29(26)44-5)32(43)35-24-14-16-40(4)17-15-24/h8-13,18-19,24,27H,6-7,14-17,20H2,1-5H3,(H,35,43)(H,34,36,37)/t27-/m1/s1. The van der Waals surface area contributed by atoms with E-state index in [9.17, 15) is 4.79 Å². The molecular formula is C33H41N9O3. The number of nitrogens with zero attached hydrogens (tertiary/aromatic N) is 7. The highest BCUT2D eigenvalue weighted by Crippen LogP contribution is 2.40. The van der Waals surface area contributed by atoms with Crippen LogP contribution in [0.5, 0.6) is 11.5 Å². The van der Waals surface area contributed by atoms with Gasteiger partial charge in [-0.25, -0.2) is 4.98 Å². The van der Waals surface area contributed by atoms with Crippen LogP contribution in [0.2, 0.25) is 0 Å². The van der Waals surface area contributed by atoms with Gasteiger partial charge in [0.2, 0.25) is 5.95 Å². The molecule has 0 unspecified atom stereocenters. The van der Waals surface area contributed by atoms with Gasteiger partial charge in [0.05, 0.1) is 31.6 Å². The van der Waals surface area contributed by atoms with Gasteiger partial charge in [-0.15, -0.1) is 10.2 Å². The highest BCUT2D eigenvalue weighted by Gasteiger charge is 2.35. The second-order valence-electron chi connectivity index (χ2n) is 11.6. The summed E-state index contributed by atoms with van der Waals surface area (Å²) in [5, 5.41) is 15.4. The maximum Gasteiger partial charge on any atom is 0.251 e. The minimum atomic E-state index is -0.102. The van der Waals surface area contributed by atoms with E-state index in [0.717, 1.165) is 66.8 Å². The Morgan fingerprint density at radius 2 is 1.84 bits per heavy atom. The third-order valence-electron chi connectivity index (χ3n) is 8.53. The number of ether oxygens (including phenoxy) is 2. The number of carbonyl (C=O) groups is 1. The van der Waals surface area contributed by atoms with Gasteiger partial charge in [0.15, 0.2) is 11.6 Å². The lowest BCUT2D eigenvalue weighted by atomic mass is 10.0. The molecule has 6 rings (SSSR count). The topological polar surface area (TPSA) is 123 Å². The zero-order valence-corrected chi connectivity index (χ0v) is 26.6. The predicted molar refractivity (Wildman–Crippen MR) is 173 cm³/mol. The Bertz CT molecular complexity index is 1650. The van der Waals surface area contributed by atoms with Gasteiger partial charge in [-0.05, 0) is 89.1 Å². The first kappa shape index (κ1) is 30.3. The van der Waals surface area contributed by atoms with Crippen molar-refractivity contribution in [1.82, 2.24) is 34.9 Å². The fourth-order valence-electron chi connectivity index (χ4n) is 6.10. The van der Waals surface area contributed by atoms with Gasteiger partial charge in [0.1, 0.15) is 23.0 Å². The van der Waals surface area contributed by atoms with Gasteiger partial charge in [-0.1, -0.05) is 19.1 Å². The van der Waals surface area contributed by atoms with E-state index in [1.54, 1.807) is 25.4 Å². The van der Waals surface area contributed by atoms with Crippen molar-refractivity contribution in [2.75, 3.05) is 44.1 Å². The molecule has 1 saturated heterocycles. The van der Waals surface area contributed by atoms with E-state index in [-0.39, 0.29) is 18.0 Å². The Hall–Kier alpha value is -4.71. The summed E-state index contributed by atoms with van der Waals surface area (Å²) in [5.41, 5.74) is 3.15. The van der Waals surface area contributed by atoms with Crippen LogP contribution >= 0.6 is 0 Å². The molecule has 0 spiro atoms. The molecule has 2 aromatic carbocycles. The van der Waals surface area contributed by atoms with Crippen LogP contribution in [-0.4, -0.2) is 75.4 Å². The summed E-state index contributed by atoms with van der Waals surface area (Å²) in [6.07, 6.45) is 4.51. The average molecular weight is 612 g/mol.